The highest BCUT2D eigenvalue weighted by Crippen LogP contribution is 2.27. The Morgan fingerprint density at radius 2 is 2.06 bits per heavy atom. The lowest BCUT2D eigenvalue weighted by Gasteiger charge is -2.06. The summed E-state index contributed by atoms with van der Waals surface area (Å²) in [7, 11) is 0. The predicted molar refractivity (Wildman–Crippen MR) is 86.8 cm³/mol. The van der Waals surface area contributed by atoms with Crippen LogP contribution in [0.25, 0.3) is 0 Å². The van der Waals surface area contributed by atoms with E-state index >= 15 is 0 Å². The Balaban J connectivity index is 2.21. The van der Waals surface area contributed by atoms with Gasteiger partial charge in [-0.3, -0.25) is 4.79 Å². The Bertz CT molecular complexity index is 570. The normalized spacial score (nSPS) is 10.3. The highest BCUT2D eigenvalue weighted by molar-refractivity contribution is 14.1. The second kappa shape index (κ2) is 5.81. The van der Waals surface area contributed by atoms with Crippen LogP contribution in [0.3, 0.4) is 0 Å². The van der Waals surface area contributed by atoms with Gasteiger partial charge >= 0.3 is 0 Å². The number of halogens is 3. The van der Waals surface area contributed by atoms with Gasteiger partial charge in [0.2, 0.25) is 0 Å². The maximum Gasteiger partial charge on any atom is 0.256 e. The van der Waals surface area contributed by atoms with Gasteiger partial charge in [-0.15, -0.1) is 11.3 Å². The molecule has 0 bridgehead atoms. The topological polar surface area (TPSA) is 29.1 Å². The largest absolute Gasteiger partial charge is 0.321 e. The summed E-state index contributed by atoms with van der Waals surface area (Å²) in [5.41, 5.74) is 1.44. The van der Waals surface area contributed by atoms with Crippen molar-refractivity contribution in [2.75, 3.05) is 5.32 Å². The predicted octanol–water partition coefficient (Wildman–Crippen LogP) is 5.13. The zero-order valence-electron chi connectivity index (χ0n) is 8.34. The lowest BCUT2D eigenvalue weighted by molar-refractivity contribution is 0.102. The first-order valence-electron chi connectivity index (χ1n) is 4.56. The zero-order valence-corrected chi connectivity index (χ0v) is 14.5. The average Bonchev–Trinajstić information content (AvgIpc) is 2.70. The Morgan fingerprint density at radius 1 is 1.29 bits per heavy atom. The number of thiophene rings is 1. The van der Waals surface area contributed by atoms with Crippen molar-refractivity contribution in [3.63, 3.8) is 0 Å². The van der Waals surface area contributed by atoms with E-state index < -0.39 is 0 Å². The molecule has 0 radical (unpaired) electrons. The van der Waals surface area contributed by atoms with Crippen molar-refractivity contribution in [2.24, 2.45) is 0 Å². The smallest absolute Gasteiger partial charge is 0.256 e. The first-order chi connectivity index (χ1) is 8.06. The summed E-state index contributed by atoms with van der Waals surface area (Å²) in [4.78, 5) is 11.9. The van der Waals surface area contributed by atoms with E-state index in [0.29, 0.717) is 5.56 Å². The number of anilines is 1. The van der Waals surface area contributed by atoms with E-state index in [9.17, 15) is 4.79 Å². The Hall–Kier alpha value is 0.0800. The van der Waals surface area contributed by atoms with Crippen molar-refractivity contribution in [3.05, 3.63) is 47.0 Å². The molecule has 1 N–H and O–H groups in total. The minimum atomic E-state index is -0.0945. The fraction of sp³-hybridized carbons (Fsp3) is 0. The number of rotatable bonds is 2. The maximum absolute atomic E-state index is 11.9. The fourth-order valence-corrected chi connectivity index (χ4v) is 3.25. The van der Waals surface area contributed by atoms with Crippen molar-refractivity contribution in [3.8, 4) is 0 Å². The van der Waals surface area contributed by atoms with Gasteiger partial charge in [0.25, 0.3) is 5.91 Å². The van der Waals surface area contributed by atoms with Crippen LogP contribution in [-0.2, 0) is 0 Å². The van der Waals surface area contributed by atoms with Gasteiger partial charge in [-0.2, -0.15) is 0 Å². The van der Waals surface area contributed by atoms with E-state index in [1.165, 1.54) is 0 Å². The molecule has 0 unspecified atom stereocenters. The van der Waals surface area contributed by atoms with Gasteiger partial charge in [0.15, 0.2) is 0 Å². The van der Waals surface area contributed by atoms with Crippen LogP contribution >= 0.6 is 65.8 Å². The molecule has 2 aromatic rings. The molecular weight excluding hydrogens is 481 g/mol. The van der Waals surface area contributed by atoms with E-state index in [0.717, 1.165) is 17.5 Å². The summed E-state index contributed by atoms with van der Waals surface area (Å²) in [5, 5.41) is 4.72. The van der Waals surface area contributed by atoms with E-state index in [-0.39, 0.29) is 5.91 Å². The van der Waals surface area contributed by atoms with Gasteiger partial charge in [0.05, 0.1) is 14.1 Å². The van der Waals surface area contributed by atoms with Crippen molar-refractivity contribution in [1.82, 2.24) is 0 Å². The van der Waals surface area contributed by atoms with Crippen molar-refractivity contribution in [2.45, 2.75) is 0 Å². The molecule has 2 rings (SSSR count). The molecule has 0 fully saturated rings. The molecular formula is C11H6Br2INOS. The third kappa shape index (κ3) is 3.52. The molecule has 1 amide bonds. The summed E-state index contributed by atoms with van der Waals surface area (Å²) < 4.78 is 2.89. The van der Waals surface area contributed by atoms with Crippen molar-refractivity contribution < 1.29 is 4.79 Å². The quantitative estimate of drug-likeness (QED) is 0.586. The maximum atomic E-state index is 11.9. The Labute approximate surface area is 133 Å². The molecule has 0 saturated carbocycles. The Morgan fingerprint density at radius 3 is 2.71 bits per heavy atom. The summed E-state index contributed by atoms with van der Waals surface area (Å²) in [6.45, 7) is 0. The fourth-order valence-electron chi connectivity index (χ4n) is 1.22. The first-order valence-corrected chi connectivity index (χ1v) is 8.11. The molecule has 6 heteroatoms. The van der Waals surface area contributed by atoms with Gasteiger partial charge in [-0.25, -0.2) is 0 Å². The van der Waals surface area contributed by atoms with E-state index in [1.54, 1.807) is 11.3 Å². The second-order valence-corrected chi connectivity index (χ2v) is 7.79. The molecule has 0 aliphatic carbocycles. The number of nitrogens with one attached hydrogen (secondary N) is 1. The molecule has 1 heterocycles. The molecule has 0 aliphatic rings. The standard InChI is InChI=1S/C11H6Br2INOS/c12-7-1-2-8(13)9(4-7)15-11(16)6-3-10(14)17-5-6/h1-5H,(H,15,16). The van der Waals surface area contributed by atoms with Gasteiger partial charge in [-0.1, -0.05) is 15.9 Å². The first kappa shape index (κ1) is 13.5. The minimum absolute atomic E-state index is 0.0945. The monoisotopic (exact) mass is 485 g/mol. The summed E-state index contributed by atoms with van der Waals surface area (Å²) >= 11 is 10.5. The van der Waals surface area contributed by atoms with Crippen LogP contribution in [0, 0.1) is 2.88 Å². The van der Waals surface area contributed by atoms with Gasteiger partial charge in [0, 0.05) is 14.3 Å². The van der Waals surface area contributed by atoms with Crippen LogP contribution in [0.15, 0.2) is 38.6 Å². The van der Waals surface area contributed by atoms with Crippen LogP contribution in [-0.4, -0.2) is 5.91 Å². The molecule has 1 aromatic carbocycles. The number of carbonyl (C=O) groups excluding carboxylic acids is 1. The van der Waals surface area contributed by atoms with Crippen LogP contribution in [0.1, 0.15) is 10.4 Å². The number of hydrogen-bond acceptors (Lipinski definition) is 2. The molecule has 88 valence electrons. The molecule has 2 nitrogen and oxygen atoms in total. The molecule has 0 saturated heterocycles. The molecule has 0 aliphatic heterocycles. The van der Waals surface area contributed by atoms with Gasteiger partial charge in [-0.05, 0) is 62.8 Å². The van der Waals surface area contributed by atoms with Crippen LogP contribution in [0.5, 0.6) is 0 Å². The number of carbonyl (C=O) groups is 1. The molecule has 0 spiro atoms. The lowest BCUT2D eigenvalue weighted by Crippen LogP contribution is -2.11. The molecule has 1 aromatic heterocycles. The van der Waals surface area contributed by atoms with Crippen LogP contribution < -0.4 is 5.32 Å². The highest BCUT2D eigenvalue weighted by atomic mass is 127. The SMILES string of the molecule is O=C(Nc1cc(Br)ccc1Br)c1csc(I)c1. The third-order valence-corrected chi connectivity index (χ3v) is 4.98. The number of amides is 1. The van der Waals surface area contributed by atoms with Crippen LogP contribution in [0.2, 0.25) is 0 Å². The van der Waals surface area contributed by atoms with Crippen molar-refractivity contribution >= 4 is 77.4 Å². The lowest BCUT2D eigenvalue weighted by atomic mass is 10.3. The van der Waals surface area contributed by atoms with E-state index in [1.807, 2.05) is 29.6 Å². The minimum Gasteiger partial charge on any atom is -0.321 e. The third-order valence-electron chi connectivity index (χ3n) is 2.01. The second-order valence-electron chi connectivity index (χ2n) is 3.22. The molecule has 0 atom stereocenters. The summed E-state index contributed by atoms with van der Waals surface area (Å²) in [6, 6.07) is 7.52. The summed E-state index contributed by atoms with van der Waals surface area (Å²) in [5.74, 6) is -0.0945. The van der Waals surface area contributed by atoms with Crippen LogP contribution in [0.4, 0.5) is 5.69 Å². The van der Waals surface area contributed by atoms with Gasteiger partial charge < -0.3 is 5.32 Å². The van der Waals surface area contributed by atoms with E-state index in [4.69, 9.17) is 0 Å². The van der Waals surface area contributed by atoms with E-state index in [2.05, 4.69) is 59.8 Å². The summed E-state index contributed by atoms with van der Waals surface area (Å²) in [6.07, 6.45) is 0. The van der Waals surface area contributed by atoms with Crippen molar-refractivity contribution in [1.29, 1.82) is 0 Å². The molecule has 17 heavy (non-hydrogen) atoms. The number of benzene rings is 1. The Kier molecular flexibility index (Phi) is 4.62. The zero-order chi connectivity index (χ0) is 12.4. The number of hydrogen-bond donors (Lipinski definition) is 1. The highest BCUT2D eigenvalue weighted by Gasteiger charge is 2.10. The van der Waals surface area contributed by atoms with Gasteiger partial charge in [0.1, 0.15) is 0 Å². The average molecular weight is 487 g/mol.